The van der Waals surface area contributed by atoms with Crippen molar-refractivity contribution in [3.8, 4) is 0 Å². The molecular formula is C21H18ClFN2O3S. The normalized spacial score (nSPS) is 29.0. The standard InChI is InChI=1S/C21H18ClFN2O3S/c1-10-9-29-21(24-10)25-17(12-4-2-3-5-14(12)23)16-18(26)13-8-11(22)6-7-15(13)28-19(16)20(25)27/h2-5,9,11,13,15,17H,6-8H2,1H3. The van der Waals surface area contributed by atoms with Gasteiger partial charge in [0.05, 0.1) is 17.2 Å². The van der Waals surface area contributed by atoms with Gasteiger partial charge in [-0.25, -0.2) is 9.37 Å². The molecule has 8 heteroatoms. The van der Waals surface area contributed by atoms with Gasteiger partial charge in [-0.15, -0.1) is 22.9 Å². The zero-order valence-electron chi connectivity index (χ0n) is 15.6. The molecule has 1 saturated carbocycles. The predicted octanol–water partition coefficient (Wildman–Crippen LogP) is 4.31. The summed E-state index contributed by atoms with van der Waals surface area (Å²) in [4.78, 5) is 32.7. The molecule has 0 N–H and O–H groups in total. The minimum absolute atomic E-state index is 0.0328. The van der Waals surface area contributed by atoms with E-state index < -0.39 is 23.7 Å². The average Bonchev–Trinajstić information content (AvgIpc) is 3.24. The summed E-state index contributed by atoms with van der Waals surface area (Å²) in [6.45, 7) is 1.82. The van der Waals surface area contributed by atoms with Crippen LogP contribution in [0.1, 0.15) is 36.6 Å². The minimum Gasteiger partial charge on any atom is -0.483 e. The maximum atomic E-state index is 14.8. The number of hydrogen-bond acceptors (Lipinski definition) is 5. The van der Waals surface area contributed by atoms with Crippen LogP contribution in [0, 0.1) is 18.7 Å². The number of ketones is 1. The van der Waals surface area contributed by atoms with Crippen LogP contribution in [0.15, 0.2) is 41.0 Å². The molecule has 1 aliphatic carbocycles. The molecule has 2 aliphatic heterocycles. The fourth-order valence-electron chi connectivity index (χ4n) is 4.46. The molecule has 29 heavy (non-hydrogen) atoms. The Kier molecular flexibility index (Phi) is 4.47. The number of fused-ring (bicyclic) bond motifs is 1. The van der Waals surface area contributed by atoms with Crippen molar-refractivity contribution >= 4 is 39.8 Å². The summed E-state index contributed by atoms with van der Waals surface area (Å²) in [5, 5.41) is 2.14. The van der Waals surface area contributed by atoms with Crippen LogP contribution < -0.4 is 4.90 Å². The smallest absolute Gasteiger partial charge is 0.296 e. The molecular weight excluding hydrogens is 415 g/mol. The van der Waals surface area contributed by atoms with E-state index in [1.165, 1.54) is 22.3 Å². The Morgan fingerprint density at radius 2 is 2.07 bits per heavy atom. The van der Waals surface area contributed by atoms with Crippen LogP contribution in [0.25, 0.3) is 0 Å². The van der Waals surface area contributed by atoms with Gasteiger partial charge in [0.25, 0.3) is 5.91 Å². The number of anilines is 1. The lowest BCUT2D eigenvalue weighted by molar-refractivity contribution is -0.131. The molecule has 0 radical (unpaired) electrons. The maximum Gasteiger partial charge on any atom is 0.296 e. The maximum absolute atomic E-state index is 14.8. The van der Waals surface area contributed by atoms with E-state index in [1.54, 1.807) is 18.2 Å². The van der Waals surface area contributed by atoms with E-state index in [9.17, 15) is 14.0 Å². The highest BCUT2D eigenvalue weighted by atomic mass is 35.5. The highest BCUT2D eigenvalue weighted by molar-refractivity contribution is 7.14. The number of ether oxygens (including phenoxy) is 1. The van der Waals surface area contributed by atoms with E-state index in [4.69, 9.17) is 16.3 Å². The number of hydrogen-bond donors (Lipinski definition) is 0. The molecule has 0 spiro atoms. The van der Waals surface area contributed by atoms with E-state index in [1.807, 2.05) is 12.3 Å². The van der Waals surface area contributed by atoms with Crippen molar-refractivity contribution in [2.24, 2.45) is 5.92 Å². The molecule has 1 fully saturated rings. The van der Waals surface area contributed by atoms with Gasteiger partial charge in [0.15, 0.2) is 16.7 Å². The monoisotopic (exact) mass is 432 g/mol. The van der Waals surface area contributed by atoms with Gasteiger partial charge in [0.1, 0.15) is 18.0 Å². The first-order valence-corrected chi connectivity index (χ1v) is 10.9. The molecule has 5 rings (SSSR count). The van der Waals surface area contributed by atoms with Crippen molar-refractivity contribution < 1.29 is 18.7 Å². The number of amides is 1. The third kappa shape index (κ3) is 2.90. The van der Waals surface area contributed by atoms with Gasteiger partial charge in [-0.1, -0.05) is 18.2 Å². The predicted molar refractivity (Wildman–Crippen MR) is 107 cm³/mol. The number of carbonyl (C=O) groups is 2. The summed E-state index contributed by atoms with van der Waals surface area (Å²) < 4.78 is 20.9. The van der Waals surface area contributed by atoms with Gasteiger partial charge in [0.2, 0.25) is 0 Å². The van der Waals surface area contributed by atoms with Crippen molar-refractivity contribution in [2.75, 3.05) is 4.90 Å². The van der Waals surface area contributed by atoms with Gasteiger partial charge in [-0.3, -0.25) is 14.5 Å². The third-order valence-electron chi connectivity index (χ3n) is 5.80. The topological polar surface area (TPSA) is 59.5 Å². The van der Waals surface area contributed by atoms with Crippen LogP contribution in [0.5, 0.6) is 0 Å². The number of alkyl halides is 1. The molecule has 1 amide bonds. The molecule has 1 aromatic heterocycles. The lowest BCUT2D eigenvalue weighted by Gasteiger charge is -2.37. The van der Waals surface area contributed by atoms with E-state index in [0.717, 1.165) is 12.1 Å². The minimum atomic E-state index is -0.895. The van der Waals surface area contributed by atoms with Crippen LogP contribution in [-0.4, -0.2) is 28.2 Å². The zero-order chi connectivity index (χ0) is 20.3. The second-order valence-electron chi connectivity index (χ2n) is 7.65. The van der Waals surface area contributed by atoms with Crippen molar-refractivity contribution in [1.29, 1.82) is 0 Å². The number of halogens is 2. The number of aryl methyl sites for hydroxylation is 1. The second kappa shape index (κ2) is 6.92. The SMILES string of the molecule is Cc1csc(N2C(=O)C3=C(C(=O)C4CC(Cl)CCC4O3)C2c2ccccc2F)n1. The van der Waals surface area contributed by atoms with Crippen molar-refractivity contribution in [3.05, 3.63) is 58.1 Å². The van der Waals surface area contributed by atoms with E-state index in [2.05, 4.69) is 4.98 Å². The van der Waals surface area contributed by atoms with E-state index >= 15 is 0 Å². The molecule has 150 valence electrons. The summed E-state index contributed by atoms with van der Waals surface area (Å²) in [5.41, 5.74) is 1.23. The summed E-state index contributed by atoms with van der Waals surface area (Å²) in [6, 6.07) is 5.31. The van der Waals surface area contributed by atoms with Crippen LogP contribution in [-0.2, 0) is 14.3 Å². The molecule has 3 aliphatic rings. The molecule has 0 saturated heterocycles. The number of nitrogens with zero attached hydrogens (tertiary/aromatic N) is 2. The Labute approximate surface area is 176 Å². The molecule has 4 unspecified atom stereocenters. The van der Waals surface area contributed by atoms with Gasteiger partial charge in [0, 0.05) is 16.3 Å². The Morgan fingerprint density at radius 1 is 1.28 bits per heavy atom. The van der Waals surface area contributed by atoms with Crippen LogP contribution in [0.3, 0.4) is 0 Å². The Balaban J connectivity index is 1.67. The summed E-state index contributed by atoms with van der Waals surface area (Å²) in [5.74, 6) is -1.47. The first-order chi connectivity index (χ1) is 14.0. The fourth-order valence-corrected chi connectivity index (χ4v) is 5.60. The van der Waals surface area contributed by atoms with Crippen molar-refractivity contribution in [2.45, 2.75) is 43.7 Å². The number of Topliss-reactive ketones (excluding diaryl/α,β-unsaturated/α-hetero) is 1. The molecule has 1 aromatic carbocycles. The van der Waals surface area contributed by atoms with Gasteiger partial charge in [-0.05, 0) is 32.3 Å². The van der Waals surface area contributed by atoms with Crippen molar-refractivity contribution in [3.63, 3.8) is 0 Å². The highest BCUT2D eigenvalue weighted by Gasteiger charge is 2.54. The first-order valence-electron chi connectivity index (χ1n) is 9.55. The number of benzene rings is 1. The second-order valence-corrected chi connectivity index (χ2v) is 9.10. The molecule has 0 bridgehead atoms. The van der Waals surface area contributed by atoms with E-state index in [-0.39, 0.29) is 34.2 Å². The lowest BCUT2D eigenvalue weighted by atomic mass is 9.77. The molecule has 5 nitrogen and oxygen atoms in total. The highest BCUT2D eigenvalue weighted by Crippen LogP contribution is 2.49. The van der Waals surface area contributed by atoms with Gasteiger partial charge < -0.3 is 4.74 Å². The number of rotatable bonds is 2. The molecule has 2 aromatic rings. The Hall–Kier alpha value is -2.25. The molecule has 3 heterocycles. The summed E-state index contributed by atoms with van der Waals surface area (Å²) >= 11 is 7.59. The average molecular weight is 433 g/mol. The largest absolute Gasteiger partial charge is 0.483 e. The van der Waals surface area contributed by atoms with Crippen LogP contribution in [0.2, 0.25) is 0 Å². The Morgan fingerprint density at radius 3 is 2.79 bits per heavy atom. The first kappa shape index (κ1) is 18.8. The number of thiazole rings is 1. The Bertz CT molecular complexity index is 1050. The summed E-state index contributed by atoms with van der Waals surface area (Å²) in [7, 11) is 0. The summed E-state index contributed by atoms with van der Waals surface area (Å²) in [6.07, 6.45) is 1.49. The van der Waals surface area contributed by atoms with Crippen LogP contribution in [0.4, 0.5) is 9.52 Å². The fraction of sp³-hybridized carbons (Fsp3) is 0.381. The quantitative estimate of drug-likeness (QED) is 0.663. The van der Waals surface area contributed by atoms with Gasteiger partial charge in [-0.2, -0.15) is 0 Å². The van der Waals surface area contributed by atoms with Gasteiger partial charge >= 0.3 is 0 Å². The number of aromatic nitrogens is 1. The van der Waals surface area contributed by atoms with Crippen molar-refractivity contribution in [1.82, 2.24) is 4.98 Å². The van der Waals surface area contributed by atoms with Crippen LogP contribution >= 0.6 is 22.9 Å². The van der Waals surface area contributed by atoms with E-state index in [0.29, 0.717) is 18.0 Å². The molecule has 4 atom stereocenters. The zero-order valence-corrected chi connectivity index (χ0v) is 17.2. The number of carbonyl (C=O) groups excluding carboxylic acids is 2. The lowest BCUT2D eigenvalue weighted by Crippen LogP contribution is -2.41. The third-order valence-corrected chi connectivity index (χ3v) is 7.15.